The summed E-state index contributed by atoms with van der Waals surface area (Å²) < 4.78 is 1.90. The Balaban J connectivity index is 2.35. The number of anilines is 2. The average molecular weight is 236 g/mol. The molecule has 0 spiro atoms. The summed E-state index contributed by atoms with van der Waals surface area (Å²) in [6, 6.07) is 0.550. The second-order valence-corrected chi connectivity index (χ2v) is 6.12. The molecule has 1 aliphatic rings. The Hall–Kier alpha value is -1.19. The molecular formula is C13H24N4. The van der Waals surface area contributed by atoms with E-state index >= 15 is 0 Å². The van der Waals surface area contributed by atoms with E-state index in [2.05, 4.69) is 30.8 Å². The molecule has 1 unspecified atom stereocenters. The fraction of sp³-hybridized carbons (Fsp3) is 0.769. The van der Waals surface area contributed by atoms with E-state index in [4.69, 9.17) is 5.73 Å². The van der Waals surface area contributed by atoms with Crippen molar-refractivity contribution < 1.29 is 0 Å². The normalized spacial score (nSPS) is 21.9. The van der Waals surface area contributed by atoms with Gasteiger partial charge >= 0.3 is 0 Å². The predicted octanol–water partition coefficient (Wildman–Crippen LogP) is 2.41. The maximum absolute atomic E-state index is 6.05. The van der Waals surface area contributed by atoms with Crippen molar-refractivity contribution in [3.8, 4) is 0 Å². The van der Waals surface area contributed by atoms with Gasteiger partial charge in [-0.05, 0) is 24.7 Å². The molecule has 0 aromatic carbocycles. The van der Waals surface area contributed by atoms with Crippen LogP contribution in [0, 0.1) is 5.41 Å². The first-order valence-electron chi connectivity index (χ1n) is 6.45. The van der Waals surface area contributed by atoms with Crippen LogP contribution in [0.2, 0.25) is 0 Å². The molecule has 1 saturated heterocycles. The second-order valence-electron chi connectivity index (χ2n) is 6.12. The summed E-state index contributed by atoms with van der Waals surface area (Å²) in [6.45, 7) is 8.01. The van der Waals surface area contributed by atoms with E-state index in [1.54, 1.807) is 6.20 Å². The molecule has 2 N–H and O–H groups in total. The SMILES string of the molecule is Cn1ncc(N)c1N1CCCCC1C(C)(C)C. The first-order chi connectivity index (χ1) is 7.91. The Morgan fingerprint density at radius 1 is 1.35 bits per heavy atom. The number of nitrogens with two attached hydrogens (primary N) is 1. The van der Waals surface area contributed by atoms with E-state index < -0.39 is 0 Å². The number of hydrogen-bond acceptors (Lipinski definition) is 3. The minimum Gasteiger partial charge on any atom is -0.394 e. The summed E-state index contributed by atoms with van der Waals surface area (Å²) in [5.41, 5.74) is 7.12. The van der Waals surface area contributed by atoms with Crippen molar-refractivity contribution in [3.05, 3.63) is 6.20 Å². The first kappa shape index (κ1) is 12.3. The third kappa shape index (κ3) is 2.26. The zero-order valence-corrected chi connectivity index (χ0v) is 11.4. The second kappa shape index (κ2) is 4.24. The number of aryl methyl sites for hydroxylation is 1. The smallest absolute Gasteiger partial charge is 0.150 e. The maximum atomic E-state index is 6.05. The standard InChI is InChI=1S/C13H24N4/c1-13(2,3)11-7-5-6-8-17(11)12-10(14)9-15-16(12)4/h9,11H,5-8,14H2,1-4H3. The molecule has 0 saturated carbocycles. The van der Waals surface area contributed by atoms with Crippen LogP contribution in [0.3, 0.4) is 0 Å². The van der Waals surface area contributed by atoms with Crippen molar-refractivity contribution in [3.63, 3.8) is 0 Å². The summed E-state index contributed by atoms with van der Waals surface area (Å²) in [5, 5.41) is 4.26. The summed E-state index contributed by atoms with van der Waals surface area (Å²) in [6.07, 6.45) is 5.56. The summed E-state index contributed by atoms with van der Waals surface area (Å²) in [4.78, 5) is 2.45. The van der Waals surface area contributed by atoms with Crippen LogP contribution in [0.1, 0.15) is 40.0 Å². The largest absolute Gasteiger partial charge is 0.394 e. The van der Waals surface area contributed by atoms with Gasteiger partial charge in [-0.1, -0.05) is 20.8 Å². The third-order valence-electron chi connectivity index (χ3n) is 3.71. The molecule has 1 aliphatic heterocycles. The molecule has 0 amide bonds. The van der Waals surface area contributed by atoms with Crippen molar-refractivity contribution in [1.29, 1.82) is 0 Å². The molecule has 2 heterocycles. The van der Waals surface area contributed by atoms with E-state index in [1.807, 2.05) is 11.7 Å². The minimum atomic E-state index is 0.275. The third-order valence-corrected chi connectivity index (χ3v) is 3.71. The number of nitrogen functional groups attached to an aromatic ring is 1. The first-order valence-corrected chi connectivity index (χ1v) is 6.45. The van der Waals surface area contributed by atoms with Crippen LogP contribution in [0.5, 0.6) is 0 Å². The fourth-order valence-electron chi connectivity index (χ4n) is 2.89. The summed E-state index contributed by atoms with van der Waals surface area (Å²) >= 11 is 0. The molecule has 1 fully saturated rings. The van der Waals surface area contributed by atoms with Crippen molar-refractivity contribution in [2.24, 2.45) is 12.5 Å². The monoisotopic (exact) mass is 236 g/mol. The Bertz CT molecular complexity index is 369. The molecule has 17 heavy (non-hydrogen) atoms. The summed E-state index contributed by atoms with van der Waals surface area (Å²) in [7, 11) is 1.97. The lowest BCUT2D eigenvalue weighted by atomic mass is 9.80. The van der Waals surface area contributed by atoms with Gasteiger partial charge < -0.3 is 10.6 Å². The van der Waals surface area contributed by atoms with Crippen LogP contribution in [-0.4, -0.2) is 22.4 Å². The van der Waals surface area contributed by atoms with Crippen LogP contribution in [0.15, 0.2) is 6.20 Å². The van der Waals surface area contributed by atoms with Gasteiger partial charge in [-0.2, -0.15) is 5.10 Å². The maximum Gasteiger partial charge on any atom is 0.150 e. The lowest BCUT2D eigenvalue weighted by Gasteiger charge is -2.44. The van der Waals surface area contributed by atoms with Crippen molar-refractivity contribution in [2.45, 2.75) is 46.1 Å². The van der Waals surface area contributed by atoms with Crippen LogP contribution in [-0.2, 0) is 7.05 Å². The highest BCUT2D eigenvalue weighted by Crippen LogP contribution is 2.36. The molecule has 0 bridgehead atoms. The topological polar surface area (TPSA) is 47.1 Å². The van der Waals surface area contributed by atoms with Crippen LogP contribution in [0.25, 0.3) is 0 Å². The van der Waals surface area contributed by atoms with Gasteiger partial charge in [0.2, 0.25) is 0 Å². The quantitative estimate of drug-likeness (QED) is 0.814. The highest BCUT2D eigenvalue weighted by Gasteiger charge is 2.34. The Morgan fingerprint density at radius 3 is 2.59 bits per heavy atom. The molecule has 96 valence electrons. The zero-order valence-electron chi connectivity index (χ0n) is 11.4. The zero-order chi connectivity index (χ0) is 12.6. The number of hydrogen-bond donors (Lipinski definition) is 1. The van der Waals surface area contributed by atoms with Gasteiger partial charge in [0.1, 0.15) is 5.82 Å². The average Bonchev–Trinajstić information content (AvgIpc) is 2.57. The number of piperidine rings is 1. The van der Waals surface area contributed by atoms with Gasteiger partial charge in [0.15, 0.2) is 0 Å². The van der Waals surface area contributed by atoms with Crippen molar-refractivity contribution in [2.75, 3.05) is 17.2 Å². The Kier molecular flexibility index (Phi) is 3.06. The van der Waals surface area contributed by atoms with Crippen LogP contribution >= 0.6 is 0 Å². The Labute approximate surface area is 104 Å². The van der Waals surface area contributed by atoms with Crippen LogP contribution in [0.4, 0.5) is 11.5 Å². The Morgan fingerprint density at radius 2 is 2.06 bits per heavy atom. The van der Waals surface area contributed by atoms with Crippen molar-refractivity contribution >= 4 is 11.5 Å². The molecule has 2 rings (SSSR count). The number of nitrogens with zero attached hydrogens (tertiary/aromatic N) is 3. The molecule has 0 aliphatic carbocycles. The number of aromatic nitrogens is 2. The molecule has 4 nitrogen and oxygen atoms in total. The van der Waals surface area contributed by atoms with E-state index in [0.29, 0.717) is 6.04 Å². The molecule has 0 radical (unpaired) electrons. The highest BCUT2D eigenvalue weighted by atomic mass is 15.4. The van der Waals surface area contributed by atoms with E-state index in [9.17, 15) is 0 Å². The van der Waals surface area contributed by atoms with E-state index in [0.717, 1.165) is 18.1 Å². The lowest BCUT2D eigenvalue weighted by molar-refractivity contribution is 0.259. The van der Waals surface area contributed by atoms with Gasteiger partial charge in [-0.25, -0.2) is 0 Å². The van der Waals surface area contributed by atoms with Crippen molar-refractivity contribution in [1.82, 2.24) is 9.78 Å². The highest BCUT2D eigenvalue weighted by molar-refractivity contribution is 5.63. The fourth-order valence-corrected chi connectivity index (χ4v) is 2.89. The molecule has 1 aromatic rings. The molecular weight excluding hydrogens is 212 g/mol. The minimum absolute atomic E-state index is 0.275. The van der Waals surface area contributed by atoms with E-state index in [1.165, 1.54) is 19.3 Å². The van der Waals surface area contributed by atoms with Gasteiger partial charge in [0.05, 0.1) is 11.9 Å². The molecule has 4 heteroatoms. The van der Waals surface area contributed by atoms with Gasteiger partial charge in [-0.15, -0.1) is 0 Å². The molecule has 1 atom stereocenters. The predicted molar refractivity (Wildman–Crippen MR) is 72.1 cm³/mol. The van der Waals surface area contributed by atoms with E-state index in [-0.39, 0.29) is 5.41 Å². The summed E-state index contributed by atoms with van der Waals surface area (Å²) in [5.74, 6) is 1.09. The van der Waals surface area contributed by atoms with Gasteiger partial charge in [0.25, 0.3) is 0 Å². The lowest BCUT2D eigenvalue weighted by Crippen LogP contribution is -2.48. The van der Waals surface area contributed by atoms with Gasteiger partial charge in [0, 0.05) is 19.6 Å². The molecule has 1 aromatic heterocycles. The van der Waals surface area contributed by atoms with Gasteiger partial charge in [-0.3, -0.25) is 4.68 Å². The number of rotatable bonds is 1. The van der Waals surface area contributed by atoms with Crippen LogP contribution < -0.4 is 10.6 Å².